The number of aryl methyl sites for hydroxylation is 1. The largest absolute Gasteiger partial charge is 0.503 e. The number of benzene rings is 2. The summed E-state index contributed by atoms with van der Waals surface area (Å²) < 4.78 is 16.3. The minimum atomic E-state index is -1.07. The van der Waals surface area contributed by atoms with Gasteiger partial charge in [-0.1, -0.05) is 66.5 Å². The first-order valence-electron chi connectivity index (χ1n) is 12.4. The molecule has 1 aliphatic heterocycles. The molecule has 1 aliphatic rings. The van der Waals surface area contributed by atoms with E-state index in [1.54, 1.807) is 37.3 Å². The van der Waals surface area contributed by atoms with Crippen LogP contribution in [0.3, 0.4) is 0 Å². The number of aliphatic hydroxyl groups excluding tert-OH is 1. The molecule has 1 atom stereocenters. The minimum Gasteiger partial charge on any atom is -0.503 e. The molecular weight excluding hydrogens is 532 g/mol. The fourth-order valence-electron chi connectivity index (χ4n) is 4.19. The Balaban J connectivity index is 1.84. The SMILES string of the molecule is C=CCOc1ccc(C2C(C(=O)/C=C/c3ccccc3)=C(O)C(=O)N2c2nc(C)c(C(=O)OC)s2)cc1OCC. The van der Waals surface area contributed by atoms with Crippen LogP contribution in [0.15, 0.2) is 78.6 Å². The fourth-order valence-corrected chi connectivity index (χ4v) is 5.21. The summed E-state index contributed by atoms with van der Waals surface area (Å²) in [7, 11) is 1.25. The molecule has 0 saturated heterocycles. The van der Waals surface area contributed by atoms with Gasteiger partial charge < -0.3 is 19.3 Å². The average molecular weight is 561 g/mol. The number of thiazole rings is 1. The number of esters is 1. The smallest absolute Gasteiger partial charge is 0.350 e. The number of ether oxygens (including phenoxy) is 3. The van der Waals surface area contributed by atoms with Crippen molar-refractivity contribution in [2.24, 2.45) is 0 Å². The summed E-state index contributed by atoms with van der Waals surface area (Å²) in [5.41, 5.74) is 1.46. The third-order valence-corrected chi connectivity index (χ3v) is 7.14. The molecule has 1 N–H and O–H groups in total. The highest BCUT2D eigenvalue weighted by molar-refractivity contribution is 7.17. The van der Waals surface area contributed by atoms with Crippen molar-refractivity contribution in [3.8, 4) is 11.5 Å². The number of carbonyl (C=O) groups is 3. The van der Waals surface area contributed by atoms with Crippen LogP contribution in [0.4, 0.5) is 5.13 Å². The molecular formula is C30H28N2O7S. The van der Waals surface area contributed by atoms with E-state index >= 15 is 0 Å². The van der Waals surface area contributed by atoms with E-state index in [-0.39, 0.29) is 22.2 Å². The Hall–Kier alpha value is -4.70. The minimum absolute atomic E-state index is 0.124. The van der Waals surface area contributed by atoms with E-state index in [9.17, 15) is 19.5 Å². The van der Waals surface area contributed by atoms with Crippen molar-refractivity contribution < 1.29 is 33.7 Å². The molecule has 0 spiro atoms. The van der Waals surface area contributed by atoms with Crippen LogP contribution in [0.2, 0.25) is 0 Å². The number of methoxy groups -OCH3 is 1. The van der Waals surface area contributed by atoms with Crippen molar-refractivity contribution in [3.05, 3.63) is 100 Å². The lowest BCUT2D eigenvalue weighted by molar-refractivity contribution is -0.117. The maximum absolute atomic E-state index is 13.5. The number of rotatable bonds is 11. The molecule has 0 radical (unpaired) electrons. The maximum atomic E-state index is 13.5. The van der Waals surface area contributed by atoms with Gasteiger partial charge in [-0.3, -0.25) is 14.5 Å². The van der Waals surface area contributed by atoms with Gasteiger partial charge in [-0.05, 0) is 43.2 Å². The molecule has 9 nitrogen and oxygen atoms in total. The Labute approximate surface area is 235 Å². The quantitative estimate of drug-likeness (QED) is 0.189. The van der Waals surface area contributed by atoms with Crippen LogP contribution in [0.5, 0.6) is 11.5 Å². The highest BCUT2D eigenvalue weighted by atomic mass is 32.1. The summed E-state index contributed by atoms with van der Waals surface area (Å²) in [6.45, 7) is 7.67. The molecule has 0 aliphatic carbocycles. The molecule has 1 aromatic heterocycles. The Kier molecular flexibility index (Phi) is 8.80. The van der Waals surface area contributed by atoms with Crippen LogP contribution in [0, 0.1) is 6.92 Å². The lowest BCUT2D eigenvalue weighted by Gasteiger charge is -2.25. The molecule has 1 unspecified atom stereocenters. The van der Waals surface area contributed by atoms with Gasteiger partial charge in [0.2, 0.25) is 0 Å². The maximum Gasteiger partial charge on any atom is 0.350 e. The summed E-state index contributed by atoms with van der Waals surface area (Å²) in [5.74, 6) is -1.86. The van der Waals surface area contributed by atoms with E-state index in [4.69, 9.17) is 14.2 Å². The number of ketones is 1. The molecule has 10 heteroatoms. The van der Waals surface area contributed by atoms with Crippen LogP contribution in [-0.2, 0) is 14.3 Å². The molecule has 40 heavy (non-hydrogen) atoms. The first-order valence-corrected chi connectivity index (χ1v) is 13.2. The predicted molar refractivity (Wildman–Crippen MR) is 152 cm³/mol. The molecule has 2 aromatic carbocycles. The van der Waals surface area contributed by atoms with Crippen LogP contribution in [0.25, 0.3) is 6.08 Å². The average Bonchev–Trinajstić information content (AvgIpc) is 3.47. The Morgan fingerprint density at radius 1 is 1.15 bits per heavy atom. The van der Waals surface area contributed by atoms with E-state index in [2.05, 4.69) is 11.6 Å². The summed E-state index contributed by atoms with van der Waals surface area (Å²) in [6.07, 6.45) is 4.51. The van der Waals surface area contributed by atoms with Gasteiger partial charge in [0.25, 0.3) is 5.91 Å². The summed E-state index contributed by atoms with van der Waals surface area (Å²) >= 11 is 0.932. The third kappa shape index (κ3) is 5.67. The number of hydrogen-bond acceptors (Lipinski definition) is 9. The summed E-state index contributed by atoms with van der Waals surface area (Å²) in [6, 6.07) is 13.1. The van der Waals surface area contributed by atoms with Crippen LogP contribution in [-0.4, -0.2) is 48.1 Å². The number of nitrogens with zero attached hydrogens (tertiary/aromatic N) is 2. The van der Waals surface area contributed by atoms with E-state index < -0.39 is 29.5 Å². The van der Waals surface area contributed by atoms with Crippen LogP contribution >= 0.6 is 11.3 Å². The van der Waals surface area contributed by atoms with Gasteiger partial charge in [-0.25, -0.2) is 9.78 Å². The van der Waals surface area contributed by atoms with Crippen molar-refractivity contribution in [2.75, 3.05) is 25.2 Å². The molecule has 0 saturated carbocycles. The number of carbonyl (C=O) groups excluding carboxylic acids is 3. The van der Waals surface area contributed by atoms with Crippen LogP contribution < -0.4 is 14.4 Å². The van der Waals surface area contributed by atoms with Gasteiger partial charge in [0, 0.05) is 0 Å². The lowest BCUT2D eigenvalue weighted by Crippen LogP contribution is -2.31. The fraction of sp³-hybridized carbons (Fsp3) is 0.200. The van der Waals surface area contributed by atoms with Crippen molar-refractivity contribution in [2.45, 2.75) is 19.9 Å². The first-order chi connectivity index (χ1) is 19.3. The van der Waals surface area contributed by atoms with Crippen molar-refractivity contribution >= 4 is 40.2 Å². The van der Waals surface area contributed by atoms with Crippen molar-refractivity contribution in [3.63, 3.8) is 0 Å². The number of hydrogen-bond donors (Lipinski definition) is 1. The molecule has 4 rings (SSSR count). The molecule has 1 amide bonds. The zero-order valence-electron chi connectivity index (χ0n) is 22.2. The second-order valence-corrected chi connectivity index (χ2v) is 9.57. The molecule has 3 aromatic rings. The lowest BCUT2D eigenvalue weighted by atomic mass is 9.95. The number of aliphatic hydroxyl groups is 1. The van der Waals surface area contributed by atoms with Gasteiger partial charge >= 0.3 is 5.97 Å². The Morgan fingerprint density at radius 2 is 1.90 bits per heavy atom. The number of amides is 1. The number of aromatic nitrogens is 1. The second-order valence-electron chi connectivity index (χ2n) is 8.59. The standard InChI is InChI=1S/C30H28N2O7S/c1-5-16-39-22-15-13-20(17-23(22)38-6-2)25-24(21(33)14-12-19-10-8-7-9-11-19)26(34)28(35)32(25)30-31-18(3)27(40-30)29(36)37-4/h5,7-15,17,25,34H,1,6,16H2,2-4H3/b14-12+. The Morgan fingerprint density at radius 3 is 2.58 bits per heavy atom. The van der Waals surface area contributed by atoms with Crippen LogP contribution in [0.1, 0.15) is 39.5 Å². The van der Waals surface area contributed by atoms with Gasteiger partial charge in [-0.2, -0.15) is 0 Å². The summed E-state index contributed by atoms with van der Waals surface area (Å²) in [4.78, 5) is 45.1. The summed E-state index contributed by atoms with van der Waals surface area (Å²) in [5, 5.41) is 11.1. The predicted octanol–water partition coefficient (Wildman–Crippen LogP) is 5.38. The highest BCUT2D eigenvalue weighted by Crippen LogP contribution is 2.45. The third-order valence-electron chi connectivity index (χ3n) is 6.00. The Bertz CT molecular complexity index is 1510. The normalized spacial score (nSPS) is 15.0. The molecule has 0 fully saturated rings. The van der Waals surface area contributed by atoms with Gasteiger partial charge in [0.05, 0.1) is 31.0 Å². The van der Waals surface area contributed by atoms with E-state index in [0.29, 0.717) is 29.4 Å². The van der Waals surface area contributed by atoms with Gasteiger partial charge in [0.1, 0.15) is 11.5 Å². The highest BCUT2D eigenvalue weighted by Gasteiger charge is 2.45. The number of allylic oxidation sites excluding steroid dienone is 1. The monoisotopic (exact) mass is 560 g/mol. The zero-order chi connectivity index (χ0) is 28.8. The molecule has 206 valence electrons. The van der Waals surface area contributed by atoms with E-state index in [1.165, 1.54) is 18.1 Å². The van der Waals surface area contributed by atoms with Crippen molar-refractivity contribution in [1.82, 2.24) is 4.98 Å². The second kappa shape index (κ2) is 12.4. The topological polar surface area (TPSA) is 115 Å². The first kappa shape index (κ1) is 28.3. The zero-order valence-corrected chi connectivity index (χ0v) is 23.1. The van der Waals surface area contributed by atoms with E-state index in [0.717, 1.165) is 16.9 Å². The van der Waals surface area contributed by atoms with E-state index in [1.807, 2.05) is 37.3 Å². The molecule has 2 heterocycles. The van der Waals surface area contributed by atoms with Gasteiger partial charge in [-0.15, -0.1) is 0 Å². The van der Waals surface area contributed by atoms with Crippen molar-refractivity contribution in [1.29, 1.82) is 0 Å². The molecule has 0 bridgehead atoms. The van der Waals surface area contributed by atoms with Gasteiger partial charge in [0.15, 0.2) is 28.2 Å². The number of anilines is 1.